The molecular weight excluding hydrogens is 405 g/mol. The average molecular weight is 421 g/mol. The molecule has 3 rings (SSSR count). The van der Waals surface area contributed by atoms with Crippen molar-refractivity contribution < 1.29 is 18.3 Å². The first-order valence-corrected chi connectivity index (χ1v) is 9.73. The van der Waals surface area contributed by atoms with Gasteiger partial charge in [0.25, 0.3) is 0 Å². The van der Waals surface area contributed by atoms with E-state index in [0.29, 0.717) is 8.83 Å². The third-order valence-corrected chi connectivity index (χ3v) is 6.02. The van der Waals surface area contributed by atoms with E-state index in [1.807, 2.05) is 0 Å². The summed E-state index contributed by atoms with van der Waals surface area (Å²) < 4.78 is 40.8. The second kappa shape index (κ2) is 7.70. The second-order valence-electron chi connectivity index (χ2n) is 6.14. The first-order valence-electron chi connectivity index (χ1n) is 8.12. The molecule has 0 saturated heterocycles. The molecule has 0 bridgehead atoms. The van der Waals surface area contributed by atoms with Gasteiger partial charge in [-0.1, -0.05) is 42.2 Å². The Hall–Kier alpha value is -1.38. The van der Waals surface area contributed by atoms with Crippen LogP contribution < -0.4 is 0 Å². The minimum atomic E-state index is -4.47. The first-order chi connectivity index (χ1) is 12.3. The number of alkyl halides is 3. The highest BCUT2D eigenvalue weighted by Gasteiger charge is 2.31. The van der Waals surface area contributed by atoms with Crippen LogP contribution in [0.4, 0.5) is 18.9 Å². The molecule has 3 nitrogen and oxygen atoms in total. The summed E-state index contributed by atoms with van der Waals surface area (Å²) in [7, 11) is 0. The van der Waals surface area contributed by atoms with Crippen LogP contribution in [0.1, 0.15) is 48.6 Å². The number of rotatable bonds is 3. The molecular formula is C17H16ClF3N2OS2. The summed E-state index contributed by atoms with van der Waals surface area (Å²) in [6.07, 6.45) is 2.10. The second-order valence-corrected chi connectivity index (χ2v) is 8.22. The van der Waals surface area contributed by atoms with Gasteiger partial charge in [-0.25, -0.2) is 0 Å². The summed E-state index contributed by atoms with van der Waals surface area (Å²) in [5.74, 6) is 0.0127. The van der Waals surface area contributed by atoms with Crippen molar-refractivity contribution in [2.75, 3.05) is 0 Å². The molecule has 2 aromatic rings. The van der Waals surface area contributed by atoms with Crippen LogP contribution in [-0.2, 0) is 6.18 Å². The SMILES string of the molecule is Oc1c(C=Nc2cc(C(F)(F)F)ccc2Cl)sc(=S)n1C1CCCCC1. The third-order valence-electron chi connectivity index (χ3n) is 4.38. The van der Waals surface area contributed by atoms with Gasteiger partial charge in [-0.15, -0.1) is 0 Å². The van der Waals surface area contributed by atoms with E-state index in [9.17, 15) is 18.3 Å². The molecule has 0 radical (unpaired) electrons. The molecule has 0 spiro atoms. The van der Waals surface area contributed by atoms with Crippen molar-refractivity contribution in [2.45, 2.75) is 44.3 Å². The first kappa shape index (κ1) is 19.4. The van der Waals surface area contributed by atoms with Crippen molar-refractivity contribution in [1.82, 2.24) is 4.57 Å². The van der Waals surface area contributed by atoms with Crippen LogP contribution in [0, 0.1) is 3.95 Å². The molecule has 1 fully saturated rings. The van der Waals surface area contributed by atoms with Gasteiger partial charge in [0.05, 0.1) is 22.5 Å². The van der Waals surface area contributed by atoms with Crippen molar-refractivity contribution in [3.63, 3.8) is 0 Å². The molecule has 1 aliphatic carbocycles. The molecule has 1 aromatic heterocycles. The third kappa shape index (κ3) is 4.13. The van der Waals surface area contributed by atoms with E-state index < -0.39 is 11.7 Å². The van der Waals surface area contributed by atoms with Gasteiger partial charge in [0.15, 0.2) is 3.95 Å². The predicted molar refractivity (Wildman–Crippen MR) is 101 cm³/mol. The van der Waals surface area contributed by atoms with Gasteiger partial charge in [-0.2, -0.15) is 13.2 Å². The summed E-state index contributed by atoms with van der Waals surface area (Å²) in [6, 6.07) is 3.11. The van der Waals surface area contributed by atoms with Crippen molar-refractivity contribution in [3.8, 4) is 5.88 Å². The normalized spacial score (nSPS) is 16.5. The van der Waals surface area contributed by atoms with Crippen LogP contribution >= 0.6 is 35.2 Å². The Balaban J connectivity index is 1.91. The molecule has 0 amide bonds. The number of hydrogen-bond donors (Lipinski definition) is 1. The van der Waals surface area contributed by atoms with Crippen molar-refractivity contribution in [3.05, 3.63) is 37.6 Å². The molecule has 0 atom stereocenters. The van der Waals surface area contributed by atoms with Crippen molar-refractivity contribution >= 4 is 47.1 Å². The summed E-state index contributed by atoms with van der Waals surface area (Å²) in [4.78, 5) is 4.46. The lowest BCUT2D eigenvalue weighted by atomic mass is 9.95. The summed E-state index contributed by atoms with van der Waals surface area (Å²) in [5, 5.41) is 10.6. The van der Waals surface area contributed by atoms with E-state index in [2.05, 4.69) is 4.99 Å². The quantitative estimate of drug-likeness (QED) is 0.432. The number of halogens is 4. The Morgan fingerprint density at radius 2 is 1.96 bits per heavy atom. The molecule has 1 aromatic carbocycles. The number of aromatic hydroxyl groups is 1. The maximum atomic E-state index is 12.8. The number of hydrogen-bond acceptors (Lipinski definition) is 4. The number of benzene rings is 1. The average Bonchev–Trinajstić information content (AvgIpc) is 2.87. The zero-order valence-electron chi connectivity index (χ0n) is 13.6. The largest absolute Gasteiger partial charge is 0.493 e. The van der Waals surface area contributed by atoms with E-state index in [0.717, 1.165) is 43.9 Å². The number of nitrogens with zero attached hydrogens (tertiary/aromatic N) is 2. The zero-order chi connectivity index (χ0) is 18.9. The number of thiazole rings is 1. The van der Waals surface area contributed by atoms with E-state index in [4.69, 9.17) is 23.8 Å². The summed E-state index contributed by atoms with van der Waals surface area (Å²) in [5.41, 5.74) is -0.838. The molecule has 9 heteroatoms. The van der Waals surface area contributed by atoms with Crippen molar-refractivity contribution in [2.24, 2.45) is 4.99 Å². The Morgan fingerprint density at radius 1 is 1.27 bits per heavy atom. The van der Waals surface area contributed by atoms with E-state index >= 15 is 0 Å². The molecule has 0 unspecified atom stereocenters. The molecule has 1 N–H and O–H groups in total. The maximum absolute atomic E-state index is 12.8. The monoisotopic (exact) mass is 420 g/mol. The lowest BCUT2D eigenvalue weighted by Crippen LogP contribution is -2.12. The lowest BCUT2D eigenvalue weighted by molar-refractivity contribution is -0.137. The van der Waals surface area contributed by atoms with Crippen LogP contribution in [0.25, 0.3) is 0 Å². The summed E-state index contributed by atoms with van der Waals surface area (Å²) in [6.45, 7) is 0. The van der Waals surface area contributed by atoms with Crippen LogP contribution in [0.15, 0.2) is 23.2 Å². The standard InChI is InChI=1S/C17H16ClF3N2OS2/c18-12-7-6-10(17(19,20)21)8-13(12)22-9-14-15(24)23(16(25)26-14)11-4-2-1-3-5-11/h6-9,11,24H,1-5H2. The lowest BCUT2D eigenvalue weighted by Gasteiger charge is -2.23. The van der Waals surface area contributed by atoms with E-state index in [1.54, 1.807) is 4.57 Å². The van der Waals surface area contributed by atoms with Crippen molar-refractivity contribution in [1.29, 1.82) is 0 Å². The van der Waals surface area contributed by atoms with Crippen LogP contribution in [-0.4, -0.2) is 15.9 Å². The fourth-order valence-corrected chi connectivity index (χ4v) is 4.54. The summed E-state index contributed by atoms with van der Waals surface area (Å²) >= 11 is 12.5. The maximum Gasteiger partial charge on any atom is 0.416 e. The van der Waals surface area contributed by atoms with Gasteiger partial charge in [-0.05, 0) is 43.3 Å². The Morgan fingerprint density at radius 3 is 2.62 bits per heavy atom. The highest BCUT2D eigenvalue weighted by atomic mass is 35.5. The van der Waals surface area contributed by atoms with Gasteiger partial charge in [0, 0.05) is 6.04 Å². The zero-order valence-corrected chi connectivity index (χ0v) is 16.0. The van der Waals surface area contributed by atoms with Gasteiger partial charge in [-0.3, -0.25) is 9.56 Å². The van der Waals surface area contributed by atoms with E-state index in [1.165, 1.54) is 24.0 Å². The minimum absolute atomic E-state index is 0.00979. The Kier molecular flexibility index (Phi) is 5.74. The molecule has 26 heavy (non-hydrogen) atoms. The van der Waals surface area contributed by atoms with Crippen LogP contribution in [0.5, 0.6) is 5.88 Å². The molecule has 1 saturated carbocycles. The number of aromatic nitrogens is 1. The highest BCUT2D eigenvalue weighted by molar-refractivity contribution is 7.73. The smallest absolute Gasteiger partial charge is 0.416 e. The van der Waals surface area contributed by atoms with Crippen LogP contribution in [0.2, 0.25) is 5.02 Å². The fraction of sp³-hybridized carbons (Fsp3) is 0.412. The molecule has 0 aliphatic heterocycles. The fourth-order valence-electron chi connectivity index (χ4n) is 3.06. The Bertz CT molecular complexity index is 883. The number of aliphatic imine (C=N–C) groups is 1. The predicted octanol–water partition coefficient (Wildman–Crippen LogP) is 6.91. The molecule has 1 heterocycles. The van der Waals surface area contributed by atoms with E-state index in [-0.39, 0.29) is 22.6 Å². The van der Waals surface area contributed by atoms with Gasteiger partial charge < -0.3 is 5.11 Å². The molecule has 1 aliphatic rings. The topological polar surface area (TPSA) is 37.5 Å². The molecule has 140 valence electrons. The highest BCUT2D eigenvalue weighted by Crippen LogP contribution is 2.37. The van der Waals surface area contributed by atoms with Crippen LogP contribution in [0.3, 0.4) is 0 Å². The van der Waals surface area contributed by atoms with Gasteiger partial charge in [0.2, 0.25) is 5.88 Å². The Labute approximate surface area is 162 Å². The van der Waals surface area contributed by atoms with Gasteiger partial charge >= 0.3 is 6.18 Å². The van der Waals surface area contributed by atoms with Gasteiger partial charge in [0.1, 0.15) is 4.88 Å². The minimum Gasteiger partial charge on any atom is -0.493 e.